The molecule has 0 bridgehead atoms. The van der Waals surface area contributed by atoms with Gasteiger partial charge in [0.25, 0.3) is 5.91 Å². The average Bonchev–Trinajstić information content (AvgIpc) is 0.778. The van der Waals surface area contributed by atoms with Crippen LogP contribution in [-0.4, -0.2) is 240 Å². The maximum Gasteiger partial charge on any atom is 0.258 e. The molecule has 0 aliphatic carbocycles. The molecule has 4 aromatic rings. The second-order valence-electron chi connectivity index (χ2n) is 27.9. The van der Waals surface area contributed by atoms with Crippen molar-refractivity contribution in [3.63, 3.8) is 0 Å². The van der Waals surface area contributed by atoms with Crippen molar-refractivity contribution < 1.29 is 52.7 Å². The summed E-state index contributed by atoms with van der Waals surface area (Å²) in [5.74, 6) is -11.9. The third-order valence-electron chi connectivity index (χ3n) is 17.9. The predicted octanol–water partition coefficient (Wildman–Crippen LogP) is -7.70. The Morgan fingerprint density at radius 3 is 0.984 bits per heavy atom. The van der Waals surface area contributed by atoms with E-state index >= 15 is 4.79 Å². The molecule has 8 atom stereocenters. The Balaban J connectivity index is 1.69. The quantitative estimate of drug-likeness (QED) is 0.0111. The van der Waals surface area contributed by atoms with Gasteiger partial charge < -0.3 is 147 Å². The molecule has 0 fully saturated rings. The summed E-state index contributed by atoms with van der Waals surface area (Å²) in [7, 11) is 0. The molecule has 4 rings (SSSR count). The van der Waals surface area contributed by atoms with E-state index in [9.17, 15) is 43.2 Å². The van der Waals surface area contributed by atoms with E-state index in [4.69, 9.17) is 99.9 Å². The van der Waals surface area contributed by atoms with E-state index in [-0.39, 0.29) is 185 Å². The zero-order valence-corrected chi connectivity index (χ0v) is 67.9. The predicted molar refractivity (Wildman–Crippen MR) is 457 cm³/mol. The van der Waals surface area contributed by atoms with Gasteiger partial charge in [0, 0.05) is 95.5 Å². The van der Waals surface area contributed by atoms with Crippen molar-refractivity contribution in [3.8, 4) is 5.75 Å². The molecule has 0 unspecified atom stereocenters. The minimum Gasteiger partial charge on any atom is -0.484 e. The average molecular weight is 1710 g/mol. The molecule has 43 N–H and O–H groups in total. The number of aromatic nitrogens is 3. The summed E-state index contributed by atoms with van der Waals surface area (Å²) in [5.41, 5.74) is 57.6. The zero-order chi connectivity index (χ0) is 89.9. The minimum atomic E-state index is -1.60. The molecule has 0 radical (unpaired) electrons. The standard InChI is InChI=1S/C73H120N38O11/c74-58(114)46(17-6-28-94-66(75)76)104-60(116)48(19-8-30-96-68(79)80)106-62(118)50(21-10-32-98-70(83)84)108-64(120)52(23-12-34-100-72(87)88)110-65(121)53(24-13-35-101-73(89)90)109-63(119)51(22-11-33-99-71(85)86)107-61(117)49(20-9-31-97-69(81)82)105-59(115)47(18-7-29-95-67(77)78)102-56(113)41-122-45-36-42-14-5-27-93-57(42)54(37-45)103-55(112)40-111(38-43-15-1-3-25-91-43)39-44-16-2-4-26-92-44/h1-5,14-16,25-27,36-37,46-53H,6-13,17-24,28-35,38-41H2,(H2,74,114)(H,102,113)(H,103,112)(H,104,116)(H,105,115)(H,106,118)(H,107,117)(H,108,120)(H,109,119)(H,110,121)(H4,75,76,94)(H4,77,78,95)(H4,79,80,96)(H4,81,82,97)(H4,83,84,98)(H4,85,86,99)(H4,87,88,100)(H4,89,90,101)/t46-,47-,48-,49-,50-,51-,52-,53-/m0/s1. The zero-order valence-electron chi connectivity index (χ0n) is 67.9. The van der Waals surface area contributed by atoms with Gasteiger partial charge in [-0.15, -0.1) is 0 Å². The number of rotatable bonds is 58. The number of primary amides is 1. The van der Waals surface area contributed by atoms with Gasteiger partial charge in [-0.2, -0.15) is 0 Å². The number of amides is 10. The number of nitrogens with one attached hydrogen (secondary N) is 23. The van der Waals surface area contributed by atoms with Crippen molar-refractivity contribution in [3.05, 3.63) is 90.6 Å². The van der Waals surface area contributed by atoms with E-state index in [1.165, 1.54) is 6.07 Å². The highest BCUT2D eigenvalue weighted by Crippen LogP contribution is 2.28. The van der Waals surface area contributed by atoms with Gasteiger partial charge >= 0.3 is 0 Å². The number of fused-ring (bicyclic) bond motifs is 1. The lowest BCUT2D eigenvalue weighted by atomic mass is 10.0. The van der Waals surface area contributed by atoms with E-state index < -0.39 is 150 Å². The number of anilines is 1. The first-order valence-electron chi connectivity index (χ1n) is 39.3. The van der Waals surface area contributed by atoms with E-state index in [0.717, 1.165) is 0 Å². The van der Waals surface area contributed by atoms with Gasteiger partial charge in [-0.1, -0.05) is 18.2 Å². The number of carbonyl (C=O) groups excluding carboxylic acids is 10. The molecule has 122 heavy (non-hydrogen) atoms. The molecular formula is C73H120N38O11. The molecule has 3 heterocycles. The molecule has 1 aromatic carbocycles. The fourth-order valence-electron chi connectivity index (χ4n) is 12.0. The van der Waals surface area contributed by atoms with Crippen molar-refractivity contribution in [1.82, 2.24) is 99.6 Å². The van der Waals surface area contributed by atoms with Gasteiger partial charge in [-0.3, -0.25) is 111 Å². The summed E-state index contributed by atoms with van der Waals surface area (Å²) in [6.45, 7) is -0.112. The van der Waals surface area contributed by atoms with Gasteiger partial charge in [0.05, 0.1) is 29.1 Å². The lowest BCUT2D eigenvalue weighted by molar-refractivity contribution is -0.136. The fraction of sp³-hybridized carbons (Fsp3) is 0.493. The molecule has 0 spiro atoms. The molecule has 49 nitrogen and oxygen atoms in total. The Kier molecular flexibility index (Phi) is 45.3. The Morgan fingerprint density at radius 2 is 0.680 bits per heavy atom. The molecule has 0 saturated carbocycles. The number of benzene rings is 1. The number of aliphatic imine (C=N–C) groups is 1. The second-order valence-corrected chi connectivity index (χ2v) is 27.9. The highest BCUT2D eigenvalue weighted by molar-refractivity contribution is 6.02. The van der Waals surface area contributed by atoms with Crippen LogP contribution in [0.25, 0.3) is 10.9 Å². The SMILES string of the molecule is N=C(N)NCCC[C@H](NC(=O)COc1cc(NC(=O)CN(Cc2ccccn2)Cc2ccccn2)c2ncccc2c1)C(=O)N[C@@H](CCCNC(=N)N)C(=O)N[C@@H](CCCNC(=N)N)C(=O)N[C@@H](CCCNC(=N)N)C(=O)N[C@@H](CCCNC(=N)N)C(=O)N[C@@H](CCCNC(=N)N)C(=O)N[C@@H](CCCNC(=N)N)C(=O)N[C@@H](CCCN=C(N)N)C(N)=O. The van der Waals surface area contributed by atoms with Crippen molar-refractivity contribution in [2.75, 3.05) is 70.8 Å². The van der Waals surface area contributed by atoms with Crippen LogP contribution in [0, 0.1) is 37.9 Å². The van der Waals surface area contributed by atoms with E-state index in [1.54, 1.807) is 48.9 Å². The molecule has 3 aromatic heterocycles. The van der Waals surface area contributed by atoms with Crippen molar-refractivity contribution in [2.45, 2.75) is 164 Å². The number of nitrogens with two attached hydrogens (primary N) is 10. The molecule has 0 aliphatic heterocycles. The molecular weight excluding hydrogens is 1590 g/mol. The molecule has 0 aliphatic rings. The first kappa shape index (κ1) is 99.9. The Morgan fingerprint density at radius 1 is 0.369 bits per heavy atom. The number of hydrogen-bond acceptors (Lipinski definition) is 23. The second kappa shape index (κ2) is 55.3. The fourth-order valence-corrected chi connectivity index (χ4v) is 12.0. The number of guanidine groups is 8. The van der Waals surface area contributed by atoms with Crippen molar-refractivity contribution >= 4 is 123 Å². The third-order valence-corrected chi connectivity index (χ3v) is 17.9. The largest absolute Gasteiger partial charge is 0.484 e. The van der Waals surface area contributed by atoms with E-state index in [1.807, 2.05) is 29.2 Å². The van der Waals surface area contributed by atoms with Crippen LogP contribution < -0.4 is 147 Å². The first-order chi connectivity index (χ1) is 58.2. The molecule has 0 saturated heterocycles. The lowest BCUT2D eigenvalue weighted by Crippen LogP contribution is -2.60. The molecule has 10 amide bonds. The molecule has 49 heteroatoms. The van der Waals surface area contributed by atoms with Crippen LogP contribution in [0.1, 0.15) is 114 Å². The topological polar surface area (TPSA) is 854 Å². The number of pyridine rings is 3. The van der Waals surface area contributed by atoms with Gasteiger partial charge in [0.1, 0.15) is 54.1 Å². The van der Waals surface area contributed by atoms with E-state index in [0.29, 0.717) is 35.4 Å². The van der Waals surface area contributed by atoms with Gasteiger partial charge in [-0.05, 0) is 139 Å². The van der Waals surface area contributed by atoms with Crippen LogP contribution in [0.15, 0.2) is 84.2 Å². The van der Waals surface area contributed by atoms with Crippen LogP contribution in [0.5, 0.6) is 5.75 Å². The monoisotopic (exact) mass is 1700 g/mol. The summed E-state index contributed by atoms with van der Waals surface area (Å²) < 4.78 is 6.04. The summed E-state index contributed by atoms with van der Waals surface area (Å²) >= 11 is 0. The third kappa shape index (κ3) is 42.1. The van der Waals surface area contributed by atoms with E-state index in [2.05, 4.69) is 105 Å². The Bertz CT molecular complexity index is 4140. The van der Waals surface area contributed by atoms with Gasteiger partial charge in [0.2, 0.25) is 53.2 Å². The maximum atomic E-state index is 15.0. The summed E-state index contributed by atoms with van der Waals surface area (Å²) in [4.78, 5) is 163. The van der Waals surface area contributed by atoms with Crippen molar-refractivity contribution in [1.29, 1.82) is 37.9 Å². The number of hydrogen-bond donors (Lipinski definition) is 33. The Hall–Kier alpha value is -14.4. The number of ether oxygens (including phenoxy) is 1. The summed E-state index contributed by atoms with van der Waals surface area (Å²) in [6.07, 6.45) is 3.97. The summed E-state index contributed by atoms with van der Waals surface area (Å²) in [6, 6.07) is 5.40. The maximum absolute atomic E-state index is 15.0. The van der Waals surface area contributed by atoms with Gasteiger partial charge in [-0.25, -0.2) is 0 Å². The number of carbonyl (C=O) groups is 10. The highest BCUT2D eigenvalue weighted by atomic mass is 16.5. The van der Waals surface area contributed by atoms with Crippen LogP contribution in [0.3, 0.4) is 0 Å². The van der Waals surface area contributed by atoms with Gasteiger partial charge in [0.15, 0.2) is 54.3 Å². The van der Waals surface area contributed by atoms with Crippen LogP contribution >= 0.6 is 0 Å². The van der Waals surface area contributed by atoms with Crippen LogP contribution in [0.2, 0.25) is 0 Å². The van der Waals surface area contributed by atoms with Crippen LogP contribution in [0.4, 0.5) is 5.69 Å². The van der Waals surface area contributed by atoms with Crippen LogP contribution in [-0.2, 0) is 61.0 Å². The normalized spacial score (nSPS) is 12.7. The lowest BCUT2D eigenvalue weighted by Gasteiger charge is -2.28. The minimum absolute atomic E-state index is 0.000328. The molecule has 668 valence electrons. The van der Waals surface area contributed by atoms with Crippen molar-refractivity contribution in [2.24, 2.45) is 62.3 Å². The summed E-state index contributed by atoms with van der Waals surface area (Å²) in [5, 5.41) is 97.0. The Labute approximate surface area is 704 Å². The highest BCUT2D eigenvalue weighted by Gasteiger charge is 2.36. The first-order valence-corrected chi connectivity index (χ1v) is 39.3. The smallest absolute Gasteiger partial charge is 0.258 e. The number of nitrogens with zero attached hydrogens (tertiary/aromatic N) is 5.